The van der Waals surface area contributed by atoms with E-state index in [9.17, 15) is 4.79 Å². The van der Waals surface area contributed by atoms with Crippen LogP contribution in [0.1, 0.15) is 32.6 Å². The van der Waals surface area contributed by atoms with Gasteiger partial charge >= 0.3 is 0 Å². The van der Waals surface area contributed by atoms with Crippen LogP contribution in [0.2, 0.25) is 0 Å². The van der Waals surface area contributed by atoms with Gasteiger partial charge in [0.15, 0.2) is 5.78 Å². The summed E-state index contributed by atoms with van der Waals surface area (Å²) in [6.07, 6.45) is 6.76. The molecule has 0 radical (unpaired) electrons. The van der Waals surface area contributed by atoms with E-state index in [0.29, 0.717) is 11.7 Å². The van der Waals surface area contributed by atoms with Crippen LogP contribution in [0, 0.1) is 11.8 Å². The third-order valence-corrected chi connectivity index (χ3v) is 2.57. The number of hydrogen-bond acceptors (Lipinski definition) is 1. The second-order valence-corrected chi connectivity index (χ2v) is 3.84. The van der Waals surface area contributed by atoms with Gasteiger partial charge in [0.1, 0.15) is 0 Å². The van der Waals surface area contributed by atoms with Crippen molar-refractivity contribution < 1.29 is 4.79 Å². The molecule has 0 aromatic rings. The Balaban J connectivity index is 1.93. The van der Waals surface area contributed by atoms with Gasteiger partial charge in [0.05, 0.1) is 0 Å². The zero-order chi connectivity index (χ0) is 7.84. The van der Waals surface area contributed by atoms with Crippen LogP contribution in [0.4, 0.5) is 0 Å². The Labute approximate surface area is 67.5 Å². The van der Waals surface area contributed by atoms with Crippen LogP contribution in [-0.4, -0.2) is 5.78 Å². The molecule has 0 heterocycles. The van der Waals surface area contributed by atoms with Crippen LogP contribution in [0.25, 0.3) is 0 Å². The summed E-state index contributed by atoms with van der Waals surface area (Å²) in [7, 11) is 0. The fourth-order valence-electron chi connectivity index (χ4n) is 1.37. The third kappa shape index (κ3) is 1.70. The van der Waals surface area contributed by atoms with Crippen molar-refractivity contribution >= 4 is 5.78 Å². The van der Waals surface area contributed by atoms with E-state index in [4.69, 9.17) is 0 Å². The van der Waals surface area contributed by atoms with E-state index in [0.717, 1.165) is 18.8 Å². The van der Waals surface area contributed by atoms with Crippen LogP contribution in [0.3, 0.4) is 0 Å². The summed E-state index contributed by atoms with van der Waals surface area (Å²) in [6.45, 7) is 2.10. The lowest BCUT2D eigenvalue weighted by Gasteiger charge is -1.94. The molecule has 60 valence electrons. The fourth-order valence-corrected chi connectivity index (χ4v) is 1.37. The molecule has 2 aliphatic carbocycles. The Morgan fingerprint density at radius 2 is 1.73 bits per heavy atom. The topological polar surface area (TPSA) is 17.1 Å². The molecule has 1 heteroatoms. The molecule has 1 nitrogen and oxygen atoms in total. The van der Waals surface area contributed by atoms with Crippen molar-refractivity contribution in [1.29, 1.82) is 0 Å². The van der Waals surface area contributed by atoms with Crippen molar-refractivity contribution in [1.82, 2.24) is 0 Å². The maximum Gasteiger partial charge on any atom is 0.158 e. The molecule has 0 saturated heterocycles. The van der Waals surface area contributed by atoms with Gasteiger partial charge in [-0.2, -0.15) is 0 Å². The van der Waals surface area contributed by atoms with E-state index in [1.807, 2.05) is 6.08 Å². The Morgan fingerprint density at radius 1 is 1.18 bits per heavy atom. The lowest BCUT2D eigenvalue weighted by Crippen LogP contribution is -1.96. The van der Waals surface area contributed by atoms with Crippen molar-refractivity contribution in [3.63, 3.8) is 0 Å². The monoisotopic (exact) mass is 150 g/mol. The van der Waals surface area contributed by atoms with Gasteiger partial charge in [0, 0.05) is 5.92 Å². The Kier molecular flexibility index (Phi) is 1.59. The molecule has 2 rings (SSSR count). The normalized spacial score (nSPS) is 25.4. The van der Waals surface area contributed by atoms with Crippen molar-refractivity contribution in [3.8, 4) is 0 Å². The van der Waals surface area contributed by atoms with E-state index in [1.165, 1.54) is 18.4 Å². The molecule has 0 N–H and O–H groups in total. The lowest BCUT2D eigenvalue weighted by atomic mass is 10.1. The van der Waals surface area contributed by atoms with Gasteiger partial charge in [0.25, 0.3) is 0 Å². The molecule has 0 aliphatic heterocycles. The average molecular weight is 150 g/mol. The Hall–Kier alpha value is -0.590. The first kappa shape index (κ1) is 7.08. The Bertz CT molecular complexity index is 207. The molecule has 0 bridgehead atoms. The van der Waals surface area contributed by atoms with Crippen molar-refractivity contribution in [2.45, 2.75) is 32.6 Å². The van der Waals surface area contributed by atoms with E-state index in [1.54, 1.807) is 0 Å². The van der Waals surface area contributed by atoms with Gasteiger partial charge in [-0.1, -0.05) is 5.57 Å². The maximum absolute atomic E-state index is 11.3. The van der Waals surface area contributed by atoms with Gasteiger partial charge in [-0.3, -0.25) is 4.79 Å². The SMILES string of the molecule is C/C(=C\C(=O)C1CC1)C1CC1. The van der Waals surface area contributed by atoms with Gasteiger partial charge in [-0.05, 0) is 44.6 Å². The number of carbonyl (C=O) groups is 1. The van der Waals surface area contributed by atoms with Crippen LogP contribution < -0.4 is 0 Å². The first-order chi connectivity index (χ1) is 5.27. The molecule has 2 aliphatic rings. The summed E-state index contributed by atoms with van der Waals surface area (Å²) in [4.78, 5) is 11.3. The summed E-state index contributed by atoms with van der Waals surface area (Å²) >= 11 is 0. The van der Waals surface area contributed by atoms with E-state index >= 15 is 0 Å². The highest BCUT2D eigenvalue weighted by molar-refractivity contribution is 5.94. The van der Waals surface area contributed by atoms with Gasteiger partial charge in [-0.25, -0.2) is 0 Å². The number of hydrogen-bond donors (Lipinski definition) is 0. The fraction of sp³-hybridized carbons (Fsp3) is 0.700. The number of allylic oxidation sites excluding steroid dienone is 2. The molecule has 2 saturated carbocycles. The number of rotatable bonds is 3. The van der Waals surface area contributed by atoms with Crippen LogP contribution >= 0.6 is 0 Å². The molecule has 0 spiro atoms. The quantitative estimate of drug-likeness (QED) is 0.564. The van der Waals surface area contributed by atoms with Crippen molar-refractivity contribution in [3.05, 3.63) is 11.6 Å². The van der Waals surface area contributed by atoms with Gasteiger partial charge in [-0.15, -0.1) is 0 Å². The first-order valence-corrected chi connectivity index (χ1v) is 4.49. The maximum atomic E-state index is 11.3. The highest BCUT2D eigenvalue weighted by atomic mass is 16.1. The number of carbonyl (C=O) groups excluding carboxylic acids is 1. The largest absolute Gasteiger partial charge is 0.295 e. The summed E-state index contributed by atoms with van der Waals surface area (Å²) in [5.74, 6) is 1.55. The first-order valence-electron chi connectivity index (χ1n) is 4.49. The van der Waals surface area contributed by atoms with E-state index in [-0.39, 0.29) is 0 Å². The van der Waals surface area contributed by atoms with Crippen LogP contribution in [-0.2, 0) is 4.79 Å². The minimum atomic E-state index is 0.384. The predicted octanol–water partition coefficient (Wildman–Crippen LogP) is 2.32. The van der Waals surface area contributed by atoms with E-state index in [2.05, 4.69) is 6.92 Å². The molecular weight excluding hydrogens is 136 g/mol. The molecule has 0 aromatic carbocycles. The minimum absolute atomic E-state index is 0.384. The second kappa shape index (κ2) is 2.47. The summed E-state index contributed by atoms with van der Waals surface area (Å²) in [5, 5.41) is 0. The van der Waals surface area contributed by atoms with Gasteiger partial charge in [0.2, 0.25) is 0 Å². The summed E-state index contributed by atoms with van der Waals surface area (Å²) < 4.78 is 0. The smallest absolute Gasteiger partial charge is 0.158 e. The highest BCUT2D eigenvalue weighted by Gasteiger charge is 2.30. The Morgan fingerprint density at radius 3 is 2.18 bits per heavy atom. The standard InChI is InChI=1S/C10H14O/c1-7(8-2-3-8)6-10(11)9-4-5-9/h6,8-9H,2-5H2,1H3/b7-6+. The summed E-state index contributed by atoms with van der Waals surface area (Å²) in [6, 6.07) is 0. The van der Waals surface area contributed by atoms with Crippen LogP contribution in [0.5, 0.6) is 0 Å². The molecule has 11 heavy (non-hydrogen) atoms. The van der Waals surface area contributed by atoms with E-state index < -0.39 is 0 Å². The minimum Gasteiger partial charge on any atom is -0.295 e. The van der Waals surface area contributed by atoms with Crippen LogP contribution in [0.15, 0.2) is 11.6 Å². The molecule has 0 aromatic heterocycles. The van der Waals surface area contributed by atoms with Crippen molar-refractivity contribution in [2.24, 2.45) is 11.8 Å². The second-order valence-electron chi connectivity index (χ2n) is 3.84. The zero-order valence-corrected chi connectivity index (χ0v) is 6.97. The highest BCUT2D eigenvalue weighted by Crippen LogP contribution is 2.37. The zero-order valence-electron chi connectivity index (χ0n) is 6.97. The third-order valence-electron chi connectivity index (χ3n) is 2.57. The predicted molar refractivity (Wildman–Crippen MR) is 44.2 cm³/mol. The molecular formula is C10H14O. The summed E-state index contributed by atoms with van der Waals surface area (Å²) in [5.41, 5.74) is 1.32. The van der Waals surface area contributed by atoms with Crippen molar-refractivity contribution in [2.75, 3.05) is 0 Å². The molecule has 0 unspecified atom stereocenters. The average Bonchev–Trinajstić information content (AvgIpc) is 2.84. The number of ketones is 1. The molecule has 2 fully saturated rings. The molecule has 0 amide bonds. The lowest BCUT2D eigenvalue weighted by molar-refractivity contribution is -0.115. The van der Waals surface area contributed by atoms with Gasteiger partial charge < -0.3 is 0 Å². The molecule has 0 atom stereocenters.